The van der Waals surface area contributed by atoms with Crippen LogP contribution in [0.3, 0.4) is 0 Å². The van der Waals surface area contributed by atoms with Gasteiger partial charge in [-0.15, -0.1) is 0 Å². The number of aliphatic hydroxyl groups is 1. The second-order valence-electron chi connectivity index (χ2n) is 6.22. The van der Waals surface area contributed by atoms with Crippen LogP contribution in [-0.2, 0) is 6.54 Å². The third kappa shape index (κ3) is 4.11. The van der Waals surface area contributed by atoms with E-state index < -0.39 is 5.54 Å². The van der Waals surface area contributed by atoms with Crippen molar-refractivity contribution in [1.29, 1.82) is 0 Å². The third-order valence-electron chi connectivity index (χ3n) is 4.11. The number of rotatable bonds is 6. The van der Waals surface area contributed by atoms with Crippen LogP contribution in [0.5, 0.6) is 0 Å². The topological polar surface area (TPSA) is 64.6 Å². The van der Waals surface area contributed by atoms with Gasteiger partial charge in [-0.05, 0) is 43.4 Å². The van der Waals surface area contributed by atoms with Crippen LogP contribution < -0.4 is 15.5 Å². The van der Waals surface area contributed by atoms with Crippen molar-refractivity contribution < 1.29 is 9.90 Å². The van der Waals surface area contributed by atoms with Crippen LogP contribution >= 0.6 is 0 Å². The van der Waals surface area contributed by atoms with E-state index in [9.17, 15) is 9.90 Å². The number of amides is 2. The summed E-state index contributed by atoms with van der Waals surface area (Å²) >= 11 is 0. The minimum absolute atomic E-state index is 0.0252. The van der Waals surface area contributed by atoms with Crippen LogP contribution in [0.4, 0.5) is 10.5 Å². The summed E-state index contributed by atoms with van der Waals surface area (Å²) in [6, 6.07) is 7.83. The molecule has 0 radical (unpaired) electrons. The van der Waals surface area contributed by atoms with Gasteiger partial charge < -0.3 is 20.6 Å². The fraction of sp³-hybridized carbons (Fsp3) is 0.562. The standard InChI is InChI=1S/C16H25N3O2/c1-16(11-20,13-6-7-13)18-15(21)17-10-12-4-8-14(9-5-12)19(2)3/h4-5,8-9,13,20H,6-7,10-11H2,1-3H3,(H2,17,18,21). The molecule has 3 N–H and O–H groups in total. The first kappa shape index (κ1) is 15.6. The Morgan fingerprint density at radius 2 is 1.95 bits per heavy atom. The van der Waals surface area contributed by atoms with Crippen molar-refractivity contribution in [2.24, 2.45) is 5.92 Å². The number of benzene rings is 1. The zero-order valence-electron chi connectivity index (χ0n) is 13.0. The van der Waals surface area contributed by atoms with Gasteiger partial charge in [0.15, 0.2) is 0 Å². The number of carbonyl (C=O) groups is 1. The first-order valence-corrected chi connectivity index (χ1v) is 7.38. The maximum absolute atomic E-state index is 12.0. The molecule has 1 aromatic rings. The molecule has 116 valence electrons. The number of urea groups is 1. The highest BCUT2D eigenvalue weighted by Crippen LogP contribution is 2.39. The van der Waals surface area contributed by atoms with E-state index in [4.69, 9.17) is 0 Å². The molecule has 1 saturated carbocycles. The number of aliphatic hydroxyl groups excluding tert-OH is 1. The van der Waals surface area contributed by atoms with Crippen LogP contribution in [0, 0.1) is 5.92 Å². The Balaban J connectivity index is 1.83. The summed E-state index contributed by atoms with van der Waals surface area (Å²) in [5.74, 6) is 0.396. The molecule has 0 bridgehead atoms. The van der Waals surface area contributed by atoms with Gasteiger partial charge in [-0.25, -0.2) is 4.79 Å². The summed E-state index contributed by atoms with van der Waals surface area (Å²) in [5, 5.41) is 15.2. The number of hydrogen-bond acceptors (Lipinski definition) is 3. The van der Waals surface area contributed by atoms with Crippen LogP contribution in [0.2, 0.25) is 0 Å². The first-order valence-electron chi connectivity index (χ1n) is 7.38. The van der Waals surface area contributed by atoms with Gasteiger partial charge in [-0.2, -0.15) is 0 Å². The van der Waals surface area contributed by atoms with Gasteiger partial charge in [0.05, 0.1) is 12.1 Å². The average Bonchev–Trinajstić information content (AvgIpc) is 3.30. The molecule has 5 heteroatoms. The molecule has 1 atom stereocenters. The minimum atomic E-state index is -0.501. The lowest BCUT2D eigenvalue weighted by Gasteiger charge is -2.28. The minimum Gasteiger partial charge on any atom is -0.394 e. The zero-order chi connectivity index (χ0) is 15.5. The van der Waals surface area contributed by atoms with Crippen molar-refractivity contribution in [3.05, 3.63) is 29.8 Å². The van der Waals surface area contributed by atoms with Crippen molar-refractivity contribution in [2.75, 3.05) is 25.6 Å². The largest absolute Gasteiger partial charge is 0.394 e. The Labute approximate surface area is 126 Å². The number of carbonyl (C=O) groups excluding carboxylic acids is 1. The van der Waals surface area contributed by atoms with Gasteiger partial charge in [-0.3, -0.25) is 0 Å². The van der Waals surface area contributed by atoms with E-state index in [0.717, 1.165) is 24.1 Å². The average molecular weight is 291 g/mol. The molecule has 5 nitrogen and oxygen atoms in total. The highest BCUT2D eigenvalue weighted by Gasteiger charge is 2.42. The van der Waals surface area contributed by atoms with Gasteiger partial charge in [0.2, 0.25) is 0 Å². The Morgan fingerprint density at radius 3 is 2.43 bits per heavy atom. The molecule has 2 amide bonds. The normalized spacial score (nSPS) is 17.0. The van der Waals surface area contributed by atoms with Crippen LogP contribution in [0.15, 0.2) is 24.3 Å². The number of hydrogen-bond donors (Lipinski definition) is 3. The first-order chi connectivity index (χ1) is 9.94. The Kier molecular flexibility index (Phi) is 4.73. The molecule has 0 heterocycles. The third-order valence-corrected chi connectivity index (χ3v) is 4.11. The molecule has 1 aromatic carbocycles. The summed E-state index contributed by atoms with van der Waals surface area (Å²) in [5.41, 5.74) is 1.68. The van der Waals surface area contributed by atoms with E-state index in [1.165, 1.54) is 0 Å². The van der Waals surface area contributed by atoms with Crippen molar-refractivity contribution in [3.8, 4) is 0 Å². The Hall–Kier alpha value is -1.75. The van der Waals surface area contributed by atoms with Crippen LogP contribution in [-0.4, -0.2) is 37.4 Å². The number of nitrogens with one attached hydrogen (secondary N) is 2. The highest BCUT2D eigenvalue weighted by molar-refractivity contribution is 5.75. The number of anilines is 1. The summed E-state index contributed by atoms with van der Waals surface area (Å²) in [6.45, 7) is 2.35. The molecule has 21 heavy (non-hydrogen) atoms. The molecule has 0 aliphatic heterocycles. The summed E-state index contributed by atoms with van der Waals surface area (Å²) in [4.78, 5) is 14.0. The van der Waals surface area contributed by atoms with Crippen molar-refractivity contribution >= 4 is 11.7 Å². The molecule has 1 aliphatic carbocycles. The van der Waals surface area contributed by atoms with E-state index in [2.05, 4.69) is 10.6 Å². The molecule has 0 aromatic heterocycles. The quantitative estimate of drug-likeness (QED) is 0.747. The second-order valence-corrected chi connectivity index (χ2v) is 6.22. The van der Waals surface area contributed by atoms with E-state index in [1.807, 2.05) is 50.2 Å². The lowest BCUT2D eigenvalue weighted by Crippen LogP contribution is -2.53. The fourth-order valence-electron chi connectivity index (χ4n) is 2.39. The van der Waals surface area contributed by atoms with Gasteiger partial charge in [0, 0.05) is 26.3 Å². The molecule has 2 rings (SSSR count). The predicted octanol–water partition coefficient (Wildman–Crippen LogP) is 1.71. The second kappa shape index (κ2) is 6.35. The Morgan fingerprint density at radius 1 is 1.33 bits per heavy atom. The lowest BCUT2D eigenvalue weighted by molar-refractivity contribution is 0.155. The van der Waals surface area contributed by atoms with Crippen LogP contribution in [0.25, 0.3) is 0 Å². The maximum atomic E-state index is 12.0. The summed E-state index contributed by atoms with van der Waals surface area (Å²) < 4.78 is 0. The van der Waals surface area contributed by atoms with Crippen LogP contribution in [0.1, 0.15) is 25.3 Å². The molecule has 1 aliphatic rings. The molecular weight excluding hydrogens is 266 g/mol. The van der Waals surface area contributed by atoms with Crippen molar-refractivity contribution in [1.82, 2.24) is 10.6 Å². The van der Waals surface area contributed by atoms with E-state index in [1.54, 1.807) is 0 Å². The molecular formula is C16H25N3O2. The van der Waals surface area contributed by atoms with E-state index in [-0.39, 0.29) is 12.6 Å². The summed E-state index contributed by atoms with van der Waals surface area (Å²) in [7, 11) is 3.99. The van der Waals surface area contributed by atoms with E-state index in [0.29, 0.717) is 12.5 Å². The monoisotopic (exact) mass is 291 g/mol. The smallest absolute Gasteiger partial charge is 0.315 e. The maximum Gasteiger partial charge on any atom is 0.315 e. The van der Waals surface area contributed by atoms with Gasteiger partial charge in [-0.1, -0.05) is 12.1 Å². The predicted molar refractivity (Wildman–Crippen MR) is 84.4 cm³/mol. The van der Waals surface area contributed by atoms with Gasteiger partial charge in [0.25, 0.3) is 0 Å². The number of nitrogens with zero attached hydrogens (tertiary/aromatic N) is 1. The lowest BCUT2D eigenvalue weighted by atomic mass is 9.97. The molecule has 0 spiro atoms. The van der Waals surface area contributed by atoms with Gasteiger partial charge >= 0.3 is 6.03 Å². The molecule has 1 unspecified atom stereocenters. The van der Waals surface area contributed by atoms with Gasteiger partial charge in [0.1, 0.15) is 0 Å². The van der Waals surface area contributed by atoms with E-state index >= 15 is 0 Å². The van der Waals surface area contributed by atoms with Crippen molar-refractivity contribution in [3.63, 3.8) is 0 Å². The SMILES string of the molecule is CN(C)c1ccc(CNC(=O)NC(C)(CO)C2CC2)cc1. The molecule has 1 fully saturated rings. The van der Waals surface area contributed by atoms with Crippen molar-refractivity contribution in [2.45, 2.75) is 31.8 Å². The zero-order valence-corrected chi connectivity index (χ0v) is 13.0. The molecule has 0 saturated heterocycles. The summed E-state index contributed by atoms with van der Waals surface area (Å²) in [6.07, 6.45) is 2.15. The Bertz CT molecular complexity index is 483. The fourth-order valence-corrected chi connectivity index (χ4v) is 2.39. The highest BCUT2D eigenvalue weighted by atomic mass is 16.3.